The van der Waals surface area contributed by atoms with E-state index in [0.717, 1.165) is 106 Å². The van der Waals surface area contributed by atoms with Crippen LogP contribution in [0.2, 0.25) is 37.8 Å². The normalized spacial score (nSPS) is 21.9. The predicted octanol–water partition coefficient (Wildman–Crippen LogP) is 14.9. The van der Waals surface area contributed by atoms with E-state index in [2.05, 4.69) is 60.4 Å². The molecule has 4 aromatic rings. The lowest BCUT2D eigenvalue weighted by molar-refractivity contribution is -0.174. The van der Waals surface area contributed by atoms with E-state index in [1.54, 1.807) is 0 Å². The first-order valence-electron chi connectivity index (χ1n) is 27.2. The van der Waals surface area contributed by atoms with Crippen LogP contribution in [0.4, 0.5) is 0 Å². The fourth-order valence-electron chi connectivity index (χ4n) is 10.6. The zero-order valence-electron chi connectivity index (χ0n) is 45.5. The van der Waals surface area contributed by atoms with Gasteiger partial charge in [-0.1, -0.05) is 131 Å². The Hall–Kier alpha value is -4.11. The van der Waals surface area contributed by atoms with Gasteiger partial charge in [0.05, 0.1) is 29.8 Å². The number of aryl methyl sites for hydroxylation is 1. The van der Waals surface area contributed by atoms with E-state index in [1.165, 1.54) is 0 Å². The Labute approximate surface area is 434 Å². The first kappa shape index (κ1) is 55.6. The van der Waals surface area contributed by atoms with Gasteiger partial charge in [-0.15, -0.1) is 0 Å². The van der Waals surface area contributed by atoms with Crippen LogP contribution >= 0.6 is 0 Å². The van der Waals surface area contributed by atoms with Crippen molar-refractivity contribution in [3.63, 3.8) is 0 Å². The molecule has 0 aliphatic carbocycles. The zero-order valence-corrected chi connectivity index (χ0v) is 47.5. The molecule has 11 heteroatoms. The van der Waals surface area contributed by atoms with Crippen molar-refractivity contribution >= 4 is 28.6 Å². The van der Waals surface area contributed by atoms with Crippen molar-refractivity contribution in [1.82, 2.24) is 0 Å². The van der Waals surface area contributed by atoms with E-state index in [-0.39, 0.29) is 60.2 Å². The quantitative estimate of drug-likeness (QED) is 0.0563. The van der Waals surface area contributed by atoms with Crippen LogP contribution in [0.5, 0.6) is 5.75 Å². The molecule has 0 amide bonds. The summed E-state index contributed by atoms with van der Waals surface area (Å²) in [6.45, 7) is 25.1. The predicted molar refractivity (Wildman–Crippen MR) is 292 cm³/mol. The van der Waals surface area contributed by atoms with Crippen molar-refractivity contribution in [2.24, 2.45) is 11.3 Å². The third-order valence-corrected chi connectivity index (χ3v) is 21.3. The van der Waals surface area contributed by atoms with E-state index in [4.69, 9.17) is 32.5 Å². The fraction of sp³-hybridized carbons (Fsp3) is 0.574. The fourth-order valence-corrected chi connectivity index (χ4v) is 13.2. The number of ether oxygens (including phenoxy) is 5. The second-order valence-corrected chi connectivity index (χ2v) is 33.3. The molecule has 0 radical (unpaired) electrons. The van der Waals surface area contributed by atoms with Crippen LogP contribution in [0, 0.1) is 11.3 Å². The molecule has 3 aliphatic heterocycles. The molecular formula is C61H86O9Si2. The molecule has 0 unspecified atom stereocenters. The van der Waals surface area contributed by atoms with Crippen molar-refractivity contribution in [2.45, 2.75) is 212 Å². The Bertz CT molecular complexity index is 2300. The van der Waals surface area contributed by atoms with E-state index < -0.39 is 27.8 Å². The number of fused-ring (bicyclic) bond motifs is 1. The summed E-state index contributed by atoms with van der Waals surface area (Å²) < 4.78 is 47.2. The second kappa shape index (κ2) is 24.1. The first-order chi connectivity index (χ1) is 34.1. The lowest BCUT2D eigenvalue weighted by Crippen LogP contribution is -2.48. The maximum atomic E-state index is 14.0. The van der Waals surface area contributed by atoms with Crippen LogP contribution < -0.4 is 4.74 Å². The average Bonchev–Trinajstić information content (AvgIpc) is 3.34. The van der Waals surface area contributed by atoms with E-state index in [1.807, 2.05) is 123 Å². The summed E-state index contributed by atoms with van der Waals surface area (Å²) in [5.74, 6) is -1.11. The van der Waals surface area contributed by atoms with Gasteiger partial charge in [0.2, 0.25) is 0 Å². The number of hydrogen-bond acceptors (Lipinski definition) is 9. The molecule has 0 aromatic heterocycles. The molecule has 392 valence electrons. The number of rotatable bonds is 22. The van der Waals surface area contributed by atoms with Crippen LogP contribution in [0.15, 0.2) is 109 Å². The molecule has 2 saturated heterocycles. The average molecular weight is 1020 g/mol. The summed E-state index contributed by atoms with van der Waals surface area (Å²) in [5, 5.41) is 0.0419. The van der Waals surface area contributed by atoms with Crippen LogP contribution in [-0.4, -0.2) is 65.2 Å². The van der Waals surface area contributed by atoms with Crippen molar-refractivity contribution < 1.29 is 42.1 Å². The third-order valence-electron chi connectivity index (χ3n) is 15.8. The molecule has 0 spiro atoms. The molecule has 7 atom stereocenters. The van der Waals surface area contributed by atoms with Gasteiger partial charge in [0.15, 0.2) is 16.6 Å². The zero-order chi connectivity index (χ0) is 51.7. The smallest absolute Gasteiger partial charge is 0.346 e. The van der Waals surface area contributed by atoms with Gasteiger partial charge < -0.3 is 32.5 Å². The molecule has 0 N–H and O–H groups in total. The molecule has 7 rings (SSSR count). The van der Waals surface area contributed by atoms with Crippen molar-refractivity contribution in [2.75, 3.05) is 0 Å². The Morgan fingerprint density at radius 3 is 1.93 bits per heavy atom. The summed E-state index contributed by atoms with van der Waals surface area (Å²) in [7, 11) is -4.13. The monoisotopic (exact) mass is 1020 g/mol. The third kappa shape index (κ3) is 14.4. The van der Waals surface area contributed by atoms with Gasteiger partial charge in [-0.05, 0) is 158 Å². The Morgan fingerprint density at radius 2 is 1.31 bits per heavy atom. The highest BCUT2D eigenvalue weighted by Gasteiger charge is 2.48. The Balaban J connectivity index is 0.961. The standard InChI is InChI=1S/C61H86O9Si2/c1-44(54(70-71(7,8)9)42-52(69-72(10,11)59(2,3)4)41-51-36-24-38-55(66-51)60(5,6)58(63)64-43-45-25-15-12-16-26-45)39-40-50-35-23-34-49(65-50)33-21-27-46-28-22-37-53-56(46)57(62)68-61(67-53,47-29-17-13-18-30-47)48-31-19-14-20-32-48/h12-20,22,25-26,28-32,37,44,49-52,54-55H,21,23-24,27,33-36,38-43H2,1-11H3/t44-,49-,50-,51-,52-,54+,55+/m0/s1. The van der Waals surface area contributed by atoms with Crippen LogP contribution in [-0.2, 0) is 51.4 Å². The minimum absolute atomic E-state index is 0.0247. The molecule has 3 heterocycles. The van der Waals surface area contributed by atoms with Gasteiger partial charge in [0.1, 0.15) is 17.9 Å². The van der Waals surface area contributed by atoms with Gasteiger partial charge in [0, 0.05) is 23.3 Å². The summed E-state index contributed by atoms with van der Waals surface area (Å²) in [6, 6.07) is 35.2. The topological polar surface area (TPSA) is 98.8 Å². The Morgan fingerprint density at radius 1 is 0.708 bits per heavy atom. The number of carbonyl (C=O) groups excluding carboxylic acids is 2. The van der Waals surface area contributed by atoms with Gasteiger partial charge in [-0.2, -0.15) is 0 Å². The van der Waals surface area contributed by atoms with Gasteiger partial charge in [0.25, 0.3) is 0 Å². The van der Waals surface area contributed by atoms with E-state index >= 15 is 0 Å². The van der Waals surface area contributed by atoms with Gasteiger partial charge in [-0.3, -0.25) is 4.79 Å². The van der Waals surface area contributed by atoms with Crippen LogP contribution in [0.25, 0.3) is 0 Å². The summed E-state index contributed by atoms with van der Waals surface area (Å²) in [6.07, 6.45) is 12.2. The molecule has 2 fully saturated rings. The highest BCUT2D eigenvalue weighted by Crippen LogP contribution is 2.45. The molecule has 3 aliphatic rings. The summed E-state index contributed by atoms with van der Waals surface area (Å²) in [5.41, 5.74) is 3.17. The minimum atomic E-state index is -2.18. The SMILES string of the molecule is C[C@@H](CC[C@@H]1CCC[C@H](CCCc2cccc3c2C(=O)OC(c2ccccc2)(c2ccccc2)O3)O1)[C@@H](C[C@H](C[C@@H]1CCC[C@H](C(C)(C)C(=O)OCc2ccccc2)O1)O[Si](C)(C)C(C)(C)C)O[Si](C)(C)C. The lowest BCUT2D eigenvalue weighted by atomic mass is 9.81. The molecule has 9 nitrogen and oxygen atoms in total. The number of hydrogen-bond donors (Lipinski definition) is 0. The van der Waals surface area contributed by atoms with Gasteiger partial charge >= 0.3 is 17.7 Å². The maximum Gasteiger partial charge on any atom is 0.346 e. The van der Waals surface area contributed by atoms with E-state index in [0.29, 0.717) is 17.2 Å². The largest absolute Gasteiger partial charge is 0.460 e. The maximum absolute atomic E-state index is 14.0. The van der Waals surface area contributed by atoms with E-state index in [9.17, 15) is 9.59 Å². The minimum Gasteiger partial charge on any atom is -0.460 e. The number of carbonyl (C=O) groups is 2. The number of cyclic esters (lactones) is 1. The van der Waals surface area contributed by atoms with Crippen molar-refractivity contribution in [3.05, 3.63) is 137 Å². The second-order valence-electron chi connectivity index (χ2n) is 24.1. The Kier molecular flexibility index (Phi) is 18.6. The number of benzene rings is 4. The molecule has 0 bridgehead atoms. The number of esters is 2. The summed E-state index contributed by atoms with van der Waals surface area (Å²) in [4.78, 5) is 27.6. The molecule has 4 aromatic carbocycles. The lowest BCUT2D eigenvalue weighted by Gasteiger charge is -2.44. The van der Waals surface area contributed by atoms with Crippen LogP contribution in [0.1, 0.15) is 151 Å². The molecular weight excluding hydrogens is 933 g/mol. The van der Waals surface area contributed by atoms with Crippen LogP contribution in [0.3, 0.4) is 0 Å². The van der Waals surface area contributed by atoms with Crippen molar-refractivity contribution in [3.8, 4) is 5.75 Å². The summed E-state index contributed by atoms with van der Waals surface area (Å²) >= 11 is 0. The van der Waals surface area contributed by atoms with Crippen molar-refractivity contribution in [1.29, 1.82) is 0 Å². The molecule has 72 heavy (non-hydrogen) atoms. The molecule has 0 saturated carbocycles. The highest BCUT2D eigenvalue weighted by molar-refractivity contribution is 6.74. The first-order valence-corrected chi connectivity index (χ1v) is 33.5. The van der Waals surface area contributed by atoms with Gasteiger partial charge in [-0.25, -0.2) is 4.79 Å². The highest BCUT2D eigenvalue weighted by atomic mass is 28.4.